The van der Waals surface area contributed by atoms with Crippen LogP contribution in [0.25, 0.3) is 0 Å². The van der Waals surface area contributed by atoms with E-state index in [4.69, 9.17) is 0 Å². The second-order valence-corrected chi connectivity index (χ2v) is 8.88. The van der Waals surface area contributed by atoms with Crippen molar-refractivity contribution in [2.75, 3.05) is 18.1 Å². The number of hydrogen-bond donors (Lipinski definition) is 2. The minimum atomic E-state index is -3.40. The fourth-order valence-corrected chi connectivity index (χ4v) is 4.58. The second kappa shape index (κ2) is 6.58. The molecule has 1 aromatic rings. The summed E-state index contributed by atoms with van der Waals surface area (Å²) in [6.45, 7) is 4.56. The van der Waals surface area contributed by atoms with Gasteiger partial charge in [-0.2, -0.15) is 11.8 Å². The van der Waals surface area contributed by atoms with E-state index < -0.39 is 10.0 Å². The van der Waals surface area contributed by atoms with Crippen LogP contribution >= 0.6 is 11.8 Å². The number of thioether (sulfide) groups is 1. The van der Waals surface area contributed by atoms with Gasteiger partial charge in [0, 0.05) is 23.0 Å². The number of benzene rings is 1. The minimum absolute atomic E-state index is 0.104. The fraction of sp³-hybridized carbons (Fsp3) is 0.600. The Kier molecular flexibility index (Phi) is 5.22. The van der Waals surface area contributed by atoms with Crippen molar-refractivity contribution in [1.29, 1.82) is 0 Å². The summed E-state index contributed by atoms with van der Waals surface area (Å²) in [5, 5.41) is 3.42. The normalized spacial score (nSPS) is 17.5. The highest BCUT2D eigenvalue weighted by Gasteiger charge is 2.35. The SMILES string of the molecule is CSC1(CNc2ccc(S(=O)(=O)NC(C)C)cc2)CCC1. The molecule has 1 fully saturated rings. The summed E-state index contributed by atoms with van der Waals surface area (Å²) in [4.78, 5) is 0.310. The van der Waals surface area contributed by atoms with Crippen LogP contribution in [0.1, 0.15) is 33.1 Å². The Hall–Kier alpha value is -0.720. The Bertz CT molecular complexity index is 558. The zero-order chi connectivity index (χ0) is 15.5. The van der Waals surface area contributed by atoms with Crippen molar-refractivity contribution in [3.63, 3.8) is 0 Å². The molecule has 4 nitrogen and oxygen atoms in total. The van der Waals surface area contributed by atoms with Crippen LogP contribution in [0.5, 0.6) is 0 Å². The van der Waals surface area contributed by atoms with E-state index in [1.54, 1.807) is 12.1 Å². The Balaban J connectivity index is 1.99. The first kappa shape index (κ1) is 16.6. The number of rotatable bonds is 7. The van der Waals surface area contributed by atoms with Crippen molar-refractivity contribution >= 4 is 27.5 Å². The molecular formula is C15H24N2O2S2. The van der Waals surface area contributed by atoms with Crippen molar-refractivity contribution in [2.45, 2.75) is 48.8 Å². The third-order valence-corrected chi connectivity index (χ3v) is 6.96. The molecule has 21 heavy (non-hydrogen) atoms. The molecule has 1 aromatic carbocycles. The monoisotopic (exact) mass is 328 g/mol. The van der Waals surface area contributed by atoms with E-state index in [1.165, 1.54) is 19.3 Å². The van der Waals surface area contributed by atoms with Gasteiger partial charge in [0.2, 0.25) is 10.0 Å². The predicted octanol–water partition coefficient (Wildman–Crippen LogP) is 3.07. The molecule has 0 amide bonds. The Morgan fingerprint density at radius 2 is 1.86 bits per heavy atom. The van der Waals surface area contributed by atoms with Gasteiger partial charge in [0.1, 0.15) is 0 Å². The molecule has 0 unspecified atom stereocenters. The first-order valence-electron chi connectivity index (χ1n) is 7.28. The van der Waals surface area contributed by atoms with Gasteiger partial charge in [-0.05, 0) is 57.2 Å². The summed E-state index contributed by atoms with van der Waals surface area (Å²) in [5.41, 5.74) is 0.971. The van der Waals surface area contributed by atoms with Crippen molar-refractivity contribution in [3.8, 4) is 0 Å². The summed E-state index contributed by atoms with van der Waals surface area (Å²) in [6, 6.07) is 6.87. The van der Waals surface area contributed by atoms with Gasteiger partial charge in [0.15, 0.2) is 0 Å². The van der Waals surface area contributed by atoms with Gasteiger partial charge >= 0.3 is 0 Å². The Morgan fingerprint density at radius 3 is 2.29 bits per heavy atom. The standard InChI is InChI=1S/C15H24N2O2S2/c1-12(2)17-21(18,19)14-7-5-13(6-8-14)16-11-15(20-3)9-4-10-15/h5-8,12,16-17H,4,9-11H2,1-3H3. The highest BCUT2D eigenvalue weighted by atomic mass is 32.2. The lowest BCUT2D eigenvalue weighted by Crippen LogP contribution is -2.40. The molecule has 1 aliphatic rings. The number of nitrogens with one attached hydrogen (secondary N) is 2. The van der Waals surface area contributed by atoms with Gasteiger partial charge in [0.05, 0.1) is 4.90 Å². The Morgan fingerprint density at radius 1 is 1.24 bits per heavy atom. The third-order valence-electron chi connectivity index (χ3n) is 3.87. The van der Waals surface area contributed by atoms with Gasteiger partial charge in [-0.15, -0.1) is 0 Å². The predicted molar refractivity (Wildman–Crippen MR) is 90.5 cm³/mol. The highest BCUT2D eigenvalue weighted by molar-refractivity contribution is 8.00. The molecule has 0 heterocycles. The summed E-state index contributed by atoms with van der Waals surface area (Å²) in [5.74, 6) is 0. The van der Waals surface area contributed by atoms with Crippen molar-refractivity contribution < 1.29 is 8.42 Å². The summed E-state index contributed by atoms with van der Waals surface area (Å²) in [6.07, 6.45) is 5.98. The lowest BCUT2D eigenvalue weighted by atomic mass is 9.84. The largest absolute Gasteiger partial charge is 0.384 e. The highest BCUT2D eigenvalue weighted by Crippen LogP contribution is 2.42. The molecule has 6 heteroatoms. The van der Waals surface area contributed by atoms with E-state index in [1.807, 2.05) is 37.7 Å². The van der Waals surface area contributed by atoms with Gasteiger partial charge in [-0.25, -0.2) is 13.1 Å². The second-order valence-electron chi connectivity index (χ2n) is 5.89. The van der Waals surface area contributed by atoms with Crippen LogP contribution in [0, 0.1) is 0 Å². The van der Waals surface area contributed by atoms with Gasteiger partial charge < -0.3 is 5.32 Å². The van der Waals surface area contributed by atoms with Crippen LogP contribution in [0.2, 0.25) is 0 Å². The molecule has 118 valence electrons. The molecule has 0 aliphatic heterocycles. The lowest BCUT2D eigenvalue weighted by Gasteiger charge is -2.40. The molecule has 1 saturated carbocycles. The van der Waals surface area contributed by atoms with E-state index in [0.717, 1.165) is 12.2 Å². The smallest absolute Gasteiger partial charge is 0.240 e. The molecule has 0 saturated heterocycles. The summed E-state index contributed by atoms with van der Waals surface area (Å²) in [7, 11) is -3.40. The lowest BCUT2D eigenvalue weighted by molar-refractivity contribution is 0.380. The third kappa shape index (κ3) is 4.14. The minimum Gasteiger partial charge on any atom is -0.384 e. The zero-order valence-electron chi connectivity index (χ0n) is 12.8. The molecule has 2 N–H and O–H groups in total. The van der Waals surface area contributed by atoms with Crippen LogP contribution in [-0.4, -0.2) is 32.0 Å². The topological polar surface area (TPSA) is 58.2 Å². The van der Waals surface area contributed by atoms with E-state index in [0.29, 0.717) is 9.64 Å². The van der Waals surface area contributed by atoms with Crippen LogP contribution in [0.4, 0.5) is 5.69 Å². The first-order valence-corrected chi connectivity index (χ1v) is 9.99. The summed E-state index contributed by atoms with van der Waals surface area (Å²) >= 11 is 1.92. The van der Waals surface area contributed by atoms with E-state index in [-0.39, 0.29) is 6.04 Å². The molecule has 0 spiro atoms. The van der Waals surface area contributed by atoms with Crippen LogP contribution in [0.15, 0.2) is 29.2 Å². The maximum absolute atomic E-state index is 12.0. The maximum Gasteiger partial charge on any atom is 0.240 e. The molecule has 0 aromatic heterocycles. The van der Waals surface area contributed by atoms with Crippen LogP contribution < -0.4 is 10.0 Å². The molecule has 2 rings (SSSR count). The van der Waals surface area contributed by atoms with Crippen molar-refractivity contribution in [3.05, 3.63) is 24.3 Å². The number of anilines is 1. The van der Waals surface area contributed by atoms with Crippen LogP contribution in [-0.2, 0) is 10.0 Å². The van der Waals surface area contributed by atoms with Crippen molar-refractivity contribution in [1.82, 2.24) is 4.72 Å². The molecular weight excluding hydrogens is 304 g/mol. The average Bonchev–Trinajstić information content (AvgIpc) is 2.37. The molecule has 1 aliphatic carbocycles. The van der Waals surface area contributed by atoms with E-state index >= 15 is 0 Å². The quantitative estimate of drug-likeness (QED) is 0.807. The van der Waals surface area contributed by atoms with E-state index in [9.17, 15) is 8.42 Å². The van der Waals surface area contributed by atoms with Crippen molar-refractivity contribution in [2.24, 2.45) is 0 Å². The van der Waals surface area contributed by atoms with Gasteiger partial charge in [0.25, 0.3) is 0 Å². The van der Waals surface area contributed by atoms with Crippen LogP contribution in [0.3, 0.4) is 0 Å². The molecule has 0 bridgehead atoms. The van der Waals surface area contributed by atoms with Gasteiger partial charge in [-0.1, -0.05) is 6.42 Å². The van der Waals surface area contributed by atoms with E-state index in [2.05, 4.69) is 16.3 Å². The molecule has 0 atom stereocenters. The summed E-state index contributed by atoms with van der Waals surface area (Å²) < 4.78 is 27.0. The Labute approximate surface area is 132 Å². The molecule has 0 radical (unpaired) electrons. The maximum atomic E-state index is 12.0. The first-order chi connectivity index (χ1) is 9.87. The fourth-order valence-electron chi connectivity index (χ4n) is 2.42. The average molecular weight is 329 g/mol. The zero-order valence-corrected chi connectivity index (χ0v) is 14.5. The van der Waals surface area contributed by atoms with Gasteiger partial charge in [-0.3, -0.25) is 0 Å². The number of sulfonamides is 1. The number of hydrogen-bond acceptors (Lipinski definition) is 4.